The maximum absolute atomic E-state index is 13.5. The lowest BCUT2D eigenvalue weighted by atomic mass is 10.1. The summed E-state index contributed by atoms with van der Waals surface area (Å²) in [6.07, 6.45) is 0.627. The molecule has 0 spiro atoms. The molecular formula is C35H39N7O7. The Kier molecular flexibility index (Phi) is 12.6. The number of hydrogen-bond acceptors (Lipinski definition) is 10. The first-order valence-electron chi connectivity index (χ1n) is 15.4. The van der Waals surface area contributed by atoms with Crippen LogP contribution in [0.4, 0.5) is 16.3 Å². The quantitative estimate of drug-likeness (QED) is 0.0503. The van der Waals surface area contributed by atoms with Gasteiger partial charge < -0.3 is 36.3 Å². The molecule has 0 saturated carbocycles. The topological polar surface area (TPSA) is 202 Å². The summed E-state index contributed by atoms with van der Waals surface area (Å²) < 4.78 is 16.6. The largest absolute Gasteiger partial charge is 0.460 e. The number of anilines is 2. The van der Waals surface area contributed by atoms with Crippen molar-refractivity contribution in [3.63, 3.8) is 0 Å². The summed E-state index contributed by atoms with van der Waals surface area (Å²) in [7, 11) is 1.49. The smallest absolute Gasteiger partial charge is 0.435 e. The van der Waals surface area contributed by atoms with E-state index in [1.807, 2.05) is 44.2 Å². The van der Waals surface area contributed by atoms with E-state index in [4.69, 9.17) is 25.7 Å². The molecule has 6 N–H and O–H groups in total. The molecule has 4 aromatic rings. The summed E-state index contributed by atoms with van der Waals surface area (Å²) in [5.41, 5.74) is 14.7. The van der Waals surface area contributed by atoms with E-state index in [-0.39, 0.29) is 67.6 Å². The second-order valence-corrected chi connectivity index (χ2v) is 11.2. The number of hydrogen-bond donors (Lipinski definition) is 4. The van der Waals surface area contributed by atoms with Crippen LogP contribution in [0.2, 0.25) is 0 Å². The van der Waals surface area contributed by atoms with Gasteiger partial charge in [-0.15, -0.1) is 0 Å². The minimum absolute atomic E-state index is 0.0167. The number of nitrogens with two attached hydrogens (primary N) is 2. The van der Waals surface area contributed by atoms with Gasteiger partial charge in [0.2, 0.25) is 5.91 Å². The first-order chi connectivity index (χ1) is 23.5. The summed E-state index contributed by atoms with van der Waals surface area (Å²) >= 11 is 0. The highest BCUT2D eigenvalue weighted by Gasteiger charge is 2.18. The third kappa shape index (κ3) is 10.5. The number of methoxy groups -OCH3 is 1. The molecular weight excluding hydrogens is 630 g/mol. The van der Waals surface area contributed by atoms with E-state index < -0.39 is 23.5 Å². The van der Waals surface area contributed by atoms with E-state index in [0.717, 1.165) is 11.1 Å². The summed E-state index contributed by atoms with van der Waals surface area (Å²) in [4.78, 5) is 59.6. The van der Waals surface area contributed by atoms with E-state index in [0.29, 0.717) is 11.1 Å². The van der Waals surface area contributed by atoms with Crippen LogP contribution in [-0.4, -0.2) is 59.7 Å². The maximum atomic E-state index is 13.5. The van der Waals surface area contributed by atoms with Gasteiger partial charge in [-0.1, -0.05) is 54.6 Å². The molecule has 0 saturated heterocycles. The lowest BCUT2D eigenvalue weighted by Gasteiger charge is -2.17. The van der Waals surface area contributed by atoms with Crippen molar-refractivity contribution in [2.45, 2.75) is 39.6 Å². The average molecular weight is 670 g/mol. The number of carbonyl (C=O) groups is 3. The van der Waals surface area contributed by atoms with Gasteiger partial charge in [-0.05, 0) is 43.2 Å². The molecule has 4 rings (SSSR count). The molecule has 0 aliphatic heterocycles. The van der Waals surface area contributed by atoms with Gasteiger partial charge in [0.25, 0.3) is 5.56 Å². The number of nitrogen functional groups attached to an aromatic ring is 1. The number of esters is 1. The Morgan fingerprint density at radius 1 is 0.939 bits per heavy atom. The number of nitrogens with zero attached hydrogens (tertiary/aromatic N) is 3. The summed E-state index contributed by atoms with van der Waals surface area (Å²) in [5.74, 6) is -1.03. The number of carbonyl (C=O) groups excluding carboxylic acids is 3. The van der Waals surface area contributed by atoms with Crippen LogP contribution in [0, 0.1) is 0 Å². The van der Waals surface area contributed by atoms with Gasteiger partial charge in [-0.2, -0.15) is 4.99 Å². The van der Waals surface area contributed by atoms with Gasteiger partial charge in [-0.3, -0.25) is 14.2 Å². The molecule has 49 heavy (non-hydrogen) atoms. The zero-order chi connectivity index (χ0) is 35.3. The molecule has 0 bridgehead atoms. The van der Waals surface area contributed by atoms with Crippen molar-refractivity contribution in [3.8, 4) is 11.3 Å². The first-order valence-corrected chi connectivity index (χ1v) is 15.4. The van der Waals surface area contributed by atoms with Gasteiger partial charge in [0, 0.05) is 36.5 Å². The highest BCUT2D eigenvalue weighted by Crippen LogP contribution is 2.24. The van der Waals surface area contributed by atoms with Crippen molar-refractivity contribution in [2.24, 2.45) is 10.7 Å². The summed E-state index contributed by atoms with van der Waals surface area (Å²) in [6.45, 7) is 3.84. The number of rotatable bonds is 14. The van der Waals surface area contributed by atoms with E-state index in [2.05, 4.69) is 20.6 Å². The zero-order valence-corrected chi connectivity index (χ0v) is 27.5. The Hall–Kier alpha value is -6.02. The number of nitrogens with one attached hydrogen (secondary N) is 2. The van der Waals surface area contributed by atoms with Crippen molar-refractivity contribution in [1.82, 2.24) is 14.9 Å². The van der Waals surface area contributed by atoms with Crippen molar-refractivity contribution >= 4 is 35.3 Å². The molecule has 1 heterocycles. The third-order valence-corrected chi connectivity index (χ3v) is 6.95. The molecule has 256 valence electrons. The molecule has 0 radical (unpaired) electrons. The number of amides is 2. The van der Waals surface area contributed by atoms with E-state index in [1.54, 1.807) is 30.3 Å². The lowest BCUT2D eigenvalue weighted by molar-refractivity contribution is -0.121. The van der Waals surface area contributed by atoms with Crippen molar-refractivity contribution in [1.29, 1.82) is 0 Å². The number of amidine groups is 1. The van der Waals surface area contributed by atoms with Crippen molar-refractivity contribution in [2.75, 3.05) is 31.4 Å². The third-order valence-electron chi connectivity index (χ3n) is 6.95. The van der Waals surface area contributed by atoms with Crippen LogP contribution < -0.4 is 27.7 Å². The first kappa shape index (κ1) is 35.8. The molecule has 0 aliphatic rings. The van der Waals surface area contributed by atoms with Gasteiger partial charge in [0.15, 0.2) is 5.82 Å². The molecule has 0 atom stereocenters. The fourth-order valence-electron chi connectivity index (χ4n) is 4.57. The fraction of sp³-hybridized carbons (Fsp3) is 0.257. The number of ether oxygens (including phenoxy) is 3. The van der Waals surface area contributed by atoms with Crippen molar-refractivity contribution in [3.05, 3.63) is 112 Å². The highest BCUT2D eigenvalue weighted by molar-refractivity contribution is 6.02. The SMILES string of the molecule is COCCOC(=O)c1cc(N)cc(-c2cnc(NC(C)C)c(=O)n2CC(=O)NCc2ccc(C(N)=NC(=O)OCc3ccccc3)cc2)c1. The van der Waals surface area contributed by atoms with Crippen molar-refractivity contribution < 1.29 is 28.6 Å². The average Bonchev–Trinajstić information content (AvgIpc) is 3.08. The van der Waals surface area contributed by atoms with Crippen LogP contribution in [0.1, 0.15) is 40.9 Å². The normalized spacial score (nSPS) is 11.2. The Morgan fingerprint density at radius 3 is 2.37 bits per heavy atom. The van der Waals surface area contributed by atoms with Gasteiger partial charge in [-0.25, -0.2) is 14.6 Å². The predicted molar refractivity (Wildman–Crippen MR) is 185 cm³/mol. The van der Waals surface area contributed by atoms with Crippen LogP contribution in [0.3, 0.4) is 0 Å². The second-order valence-electron chi connectivity index (χ2n) is 11.2. The predicted octanol–water partition coefficient (Wildman–Crippen LogP) is 3.47. The molecule has 14 nitrogen and oxygen atoms in total. The van der Waals surface area contributed by atoms with Crippen LogP contribution in [0.15, 0.2) is 88.8 Å². The minimum atomic E-state index is -0.813. The highest BCUT2D eigenvalue weighted by atomic mass is 16.6. The van der Waals surface area contributed by atoms with E-state index >= 15 is 0 Å². The molecule has 0 aliphatic carbocycles. The van der Waals surface area contributed by atoms with E-state index in [1.165, 1.54) is 30.0 Å². The lowest BCUT2D eigenvalue weighted by Crippen LogP contribution is -2.35. The monoisotopic (exact) mass is 669 g/mol. The Balaban J connectivity index is 1.46. The maximum Gasteiger partial charge on any atom is 0.435 e. The van der Waals surface area contributed by atoms with Gasteiger partial charge >= 0.3 is 12.1 Å². The standard InChI is InChI=1S/C35H39N7O7/c1-22(2)40-32-33(44)42(29(19-39-32)26-15-27(17-28(36)16-26)34(45)48-14-13-47-3)20-30(43)38-18-23-9-11-25(12-10-23)31(37)41-35(46)49-21-24-7-5-4-6-8-24/h4-12,15-17,19,22H,13-14,18,20-21,36H2,1-3H3,(H,38,43)(H,39,40)(H2,37,41,46). The molecule has 3 aromatic carbocycles. The number of aliphatic imine (C=N–C) groups is 1. The molecule has 1 aromatic heterocycles. The summed E-state index contributed by atoms with van der Waals surface area (Å²) in [6, 6.07) is 20.4. The van der Waals surface area contributed by atoms with Crippen LogP contribution in [-0.2, 0) is 38.7 Å². The van der Waals surface area contributed by atoms with Crippen LogP contribution in [0.5, 0.6) is 0 Å². The summed E-state index contributed by atoms with van der Waals surface area (Å²) in [5, 5.41) is 5.81. The second kappa shape index (κ2) is 17.2. The molecule has 2 amide bonds. The zero-order valence-electron chi connectivity index (χ0n) is 27.5. The minimum Gasteiger partial charge on any atom is -0.460 e. The Morgan fingerprint density at radius 2 is 1.67 bits per heavy atom. The molecule has 0 unspecified atom stereocenters. The van der Waals surface area contributed by atoms with Crippen LogP contribution in [0.25, 0.3) is 11.3 Å². The fourth-order valence-corrected chi connectivity index (χ4v) is 4.57. The van der Waals surface area contributed by atoms with Crippen LogP contribution >= 0.6 is 0 Å². The molecule has 0 fully saturated rings. The number of benzene rings is 3. The Bertz CT molecular complexity index is 1860. The number of aromatic nitrogens is 2. The Labute approximate surface area is 283 Å². The van der Waals surface area contributed by atoms with E-state index in [9.17, 15) is 19.2 Å². The molecule has 14 heteroatoms. The van der Waals surface area contributed by atoms with Gasteiger partial charge in [0.05, 0.1) is 24.1 Å². The van der Waals surface area contributed by atoms with Gasteiger partial charge in [0.1, 0.15) is 25.6 Å².